The molecule has 0 saturated carbocycles. The number of halogens is 4. The zero-order chi connectivity index (χ0) is 12.6. The molecule has 1 unspecified atom stereocenters. The highest BCUT2D eigenvalue weighted by atomic mass is 19.4. The van der Waals surface area contributed by atoms with Gasteiger partial charge in [0.15, 0.2) is 0 Å². The Morgan fingerprint density at radius 3 is 2.00 bits per heavy atom. The summed E-state index contributed by atoms with van der Waals surface area (Å²) in [5.74, 6) is -3.79. The maximum absolute atomic E-state index is 13.5. The molecule has 1 aromatic rings. The van der Waals surface area contributed by atoms with Gasteiger partial charge in [-0.05, 0) is 6.07 Å². The molecular formula is C9H6F4O3. The summed E-state index contributed by atoms with van der Waals surface area (Å²) in [5.41, 5.74) is -5.95. The minimum atomic E-state index is -5.66. The van der Waals surface area contributed by atoms with Crippen LogP contribution < -0.4 is 0 Å². The van der Waals surface area contributed by atoms with E-state index in [-0.39, 0.29) is 0 Å². The molecule has 0 aliphatic carbocycles. The average Bonchev–Trinajstić information content (AvgIpc) is 2.15. The number of carboxylic acids is 1. The maximum atomic E-state index is 13.5. The van der Waals surface area contributed by atoms with E-state index in [1.807, 2.05) is 0 Å². The third-order valence-electron chi connectivity index (χ3n) is 1.96. The van der Waals surface area contributed by atoms with Gasteiger partial charge in [0, 0.05) is 0 Å². The summed E-state index contributed by atoms with van der Waals surface area (Å²) >= 11 is 0. The molecule has 2 N–H and O–H groups in total. The zero-order valence-corrected chi connectivity index (χ0v) is 7.62. The van der Waals surface area contributed by atoms with Crippen molar-refractivity contribution in [3.63, 3.8) is 0 Å². The highest BCUT2D eigenvalue weighted by molar-refractivity contribution is 5.81. The fourth-order valence-corrected chi connectivity index (χ4v) is 1.15. The van der Waals surface area contributed by atoms with Crippen LogP contribution in [-0.2, 0) is 10.5 Å². The Kier molecular flexibility index (Phi) is 2.81. The molecule has 1 rings (SSSR count). The van der Waals surface area contributed by atoms with E-state index in [0.717, 1.165) is 18.2 Å². The van der Waals surface area contributed by atoms with Crippen molar-refractivity contribution in [3.05, 3.63) is 29.8 Å². The number of alkyl halides is 4. The Bertz CT molecular complexity index is 415. The lowest BCUT2D eigenvalue weighted by atomic mass is 9.94. The third-order valence-corrected chi connectivity index (χ3v) is 1.96. The standard InChI is InChI=1S/C9H6F4O3/c10-8(7(15)16,9(11,12)13)5-3-1-2-4-6(5)14/h1-4,14H,(H,15,16). The fourth-order valence-electron chi connectivity index (χ4n) is 1.15. The van der Waals surface area contributed by atoms with Crippen molar-refractivity contribution in [1.82, 2.24) is 0 Å². The van der Waals surface area contributed by atoms with Crippen molar-refractivity contribution in [1.29, 1.82) is 0 Å². The summed E-state index contributed by atoms with van der Waals surface area (Å²) < 4.78 is 50.6. The molecule has 16 heavy (non-hydrogen) atoms. The first kappa shape index (κ1) is 12.3. The average molecular weight is 238 g/mol. The van der Waals surface area contributed by atoms with Gasteiger partial charge in [-0.1, -0.05) is 18.2 Å². The van der Waals surface area contributed by atoms with Crippen molar-refractivity contribution < 1.29 is 32.6 Å². The molecule has 0 bridgehead atoms. The smallest absolute Gasteiger partial charge is 0.438 e. The molecule has 1 atom stereocenters. The van der Waals surface area contributed by atoms with E-state index in [4.69, 9.17) is 10.2 Å². The lowest BCUT2D eigenvalue weighted by Crippen LogP contribution is -2.45. The van der Waals surface area contributed by atoms with Gasteiger partial charge < -0.3 is 10.2 Å². The Morgan fingerprint density at radius 2 is 1.62 bits per heavy atom. The lowest BCUT2D eigenvalue weighted by molar-refractivity contribution is -0.240. The van der Waals surface area contributed by atoms with Crippen molar-refractivity contribution in [2.24, 2.45) is 0 Å². The Hall–Kier alpha value is -1.79. The number of rotatable bonds is 2. The van der Waals surface area contributed by atoms with E-state index in [0.29, 0.717) is 6.07 Å². The summed E-state index contributed by atoms with van der Waals surface area (Å²) in [4.78, 5) is 10.4. The number of aliphatic carboxylic acids is 1. The predicted molar refractivity (Wildman–Crippen MR) is 44.6 cm³/mol. The Morgan fingerprint density at radius 1 is 1.12 bits per heavy atom. The van der Waals surface area contributed by atoms with Crippen molar-refractivity contribution in [3.8, 4) is 5.75 Å². The van der Waals surface area contributed by atoms with E-state index in [1.165, 1.54) is 0 Å². The number of hydrogen-bond donors (Lipinski definition) is 2. The van der Waals surface area contributed by atoms with Crippen LogP contribution in [0.4, 0.5) is 17.6 Å². The molecule has 7 heteroatoms. The van der Waals surface area contributed by atoms with Gasteiger partial charge in [-0.2, -0.15) is 13.2 Å². The SMILES string of the molecule is O=C(O)C(F)(c1ccccc1O)C(F)(F)F. The second-order valence-electron chi connectivity index (χ2n) is 2.98. The molecular weight excluding hydrogens is 232 g/mol. The van der Waals surface area contributed by atoms with Gasteiger partial charge in [-0.15, -0.1) is 0 Å². The van der Waals surface area contributed by atoms with Crippen LogP contribution in [0.25, 0.3) is 0 Å². The number of phenolic OH excluding ortho intramolecular Hbond substituents is 1. The van der Waals surface area contributed by atoms with Crippen LogP contribution >= 0.6 is 0 Å². The summed E-state index contributed by atoms with van der Waals surface area (Å²) in [6, 6.07) is 3.49. The predicted octanol–water partition coefficient (Wildman–Crippen LogP) is 2.20. The normalized spacial score (nSPS) is 15.5. The van der Waals surface area contributed by atoms with E-state index < -0.39 is 29.1 Å². The number of aromatic hydroxyl groups is 1. The molecule has 0 aliphatic rings. The van der Waals surface area contributed by atoms with Gasteiger partial charge in [0.1, 0.15) is 5.75 Å². The van der Waals surface area contributed by atoms with Gasteiger partial charge in [-0.25, -0.2) is 9.18 Å². The van der Waals surface area contributed by atoms with Crippen LogP contribution in [0.15, 0.2) is 24.3 Å². The molecule has 0 amide bonds. The minimum absolute atomic E-state index is 0.566. The van der Waals surface area contributed by atoms with Gasteiger partial charge in [0.2, 0.25) is 0 Å². The number of carbonyl (C=O) groups is 1. The number of hydrogen-bond acceptors (Lipinski definition) is 2. The number of phenols is 1. The second-order valence-corrected chi connectivity index (χ2v) is 2.98. The molecule has 0 saturated heterocycles. The first-order valence-corrected chi connectivity index (χ1v) is 3.98. The summed E-state index contributed by atoms with van der Waals surface area (Å²) in [6.07, 6.45) is -5.66. The quantitative estimate of drug-likeness (QED) is 0.776. The number of benzene rings is 1. The highest BCUT2D eigenvalue weighted by Gasteiger charge is 2.64. The van der Waals surface area contributed by atoms with Gasteiger partial charge in [0.05, 0.1) is 5.56 Å². The van der Waals surface area contributed by atoms with E-state index >= 15 is 0 Å². The van der Waals surface area contributed by atoms with Crippen LogP contribution in [0.1, 0.15) is 5.56 Å². The summed E-state index contributed by atoms with van der Waals surface area (Å²) in [5, 5.41) is 17.4. The number of carboxylic acid groups (broad SMARTS) is 1. The van der Waals surface area contributed by atoms with Crippen LogP contribution in [0, 0.1) is 0 Å². The van der Waals surface area contributed by atoms with Crippen molar-refractivity contribution in [2.75, 3.05) is 0 Å². The second kappa shape index (κ2) is 3.66. The van der Waals surface area contributed by atoms with E-state index in [2.05, 4.69) is 0 Å². The lowest BCUT2D eigenvalue weighted by Gasteiger charge is -2.24. The van der Waals surface area contributed by atoms with Crippen LogP contribution in [0.5, 0.6) is 5.75 Å². The monoisotopic (exact) mass is 238 g/mol. The van der Waals surface area contributed by atoms with Crippen molar-refractivity contribution >= 4 is 5.97 Å². The maximum Gasteiger partial charge on any atom is 0.438 e. The largest absolute Gasteiger partial charge is 0.508 e. The molecule has 0 spiro atoms. The van der Waals surface area contributed by atoms with Crippen LogP contribution in [0.3, 0.4) is 0 Å². The topological polar surface area (TPSA) is 57.5 Å². The molecule has 88 valence electrons. The Labute approximate surface area is 86.9 Å². The molecule has 0 heterocycles. The van der Waals surface area contributed by atoms with E-state index in [1.54, 1.807) is 0 Å². The molecule has 1 aromatic carbocycles. The fraction of sp³-hybridized carbons (Fsp3) is 0.222. The molecule has 0 fully saturated rings. The minimum Gasteiger partial charge on any atom is -0.508 e. The summed E-state index contributed by atoms with van der Waals surface area (Å²) in [6.45, 7) is 0. The number of para-hydroxylation sites is 1. The molecule has 3 nitrogen and oxygen atoms in total. The highest BCUT2D eigenvalue weighted by Crippen LogP contribution is 2.45. The third kappa shape index (κ3) is 1.68. The van der Waals surface area contributed by atoms with Gasteiger partial charge >= 0.3 is 17.8 Å². The Balaban J connectivity index is 3.46. The van der Waals surface area contributed by atoms with Crippen molar-refractivity contribution in [2.45, 2.75) is 11.8 Å². The molecule has 0 radical (unpaired) electrons. The first-order valence-electron chi connectivity index (χ1n) is 3.98. The van der Waals surface area contributed by atoms with E-state index in [9.17, 15) is 22.4 Å². The van der Waals surface area contributed by atoms with Gasteiger partial charge in [-0.3, -0.25) is 0 Å². The summed E-state index contributed by atoms with van der Waals surface area (Å²) in [7, 11) is 0. The molecule has 0 aliphatic heterocycles. The van der Waals surface area contributed by atoms with Crippen LogP contribution in [0.2, 0.25) is 0 Å². The van der Waals surface area contributed by atoms with Crippen LogP contribution in [-0.4, -0.2) is 22.4 Å². The zero-order valence-electron chi connectivity index (χ0n) is 7.62. The first-order chi connectivity index (χ1) is 7.21. The van der Waals surface area contributed by atoms with Gasteiger partial charge in [0.25, 0.3) is 0 Å². The molecule has 0 aromatic heterocycles.